The highest BCUT2D eigenvalue weighted by Crippen LogP contribution is 2.40. The Morgan fingerprint density at radius 2 is 1.71 bits per heavy atom. The second kappa shape index (κ2) is 8.76. The number of nitrogens with zero attached hydrogens (tertiary/aromatic N) is 2. The highest BCUT2D eigenvalue weighted by Gasteiger charge is 2.37. The standard InChI is InChI=1S/C18H23N9O4S3/c19-18-22-15-11(2-1-3-12(15)32-18)10-4-5-13(34(30,31)27-8-6-21-7-9-27)16(33(20,28)29)14(10)17-23-25-26-24-17/h1-5,17,21,23-26H,6-9H2,(H2,19,22)(H2,20,28,29). The second-order valence-corrected chi connectivity index (χ2v) is 12.2. The Hall–Kier alpha value is -2.25. The number of hydrazine groups is 3. The van der Waals surface area contributed by atoms with Crippen LogP contribution in [-0.4, -0.2) is 52.3 Å². The fourth-order valence-electron chi connectivity index (χ4n) is 4.20. The summed E-state index contributed by atoms with van der Waals surface area (Å²) in [6.45, 7) is 1.34. The van der Waals surface area contributed by atoms with Crippen LogP contribution in [0.3, 0.4) is 0 Å². The molecule has 3 heterocycles. The largest absolute Gasteiger partial charge is 0.375 e. The van der Waals surface area contributed by atoms with Crippen molar-refractivity contribution in [1.82, 2.24) is 36.5 Å². The average Bonchev–Trinajstić information content (AvgIpc) is 3.47. The number of nitrogens with one attached hydrogen (secondary N) is 5. The Labute approximate surface area is 199 Å². The van der Waals surface area contributed by atoms with Crippen molar-refractivity contribution in [2.75, 3.05) is 31.9 Å². The van der Waals surface area contributed by atoms with Crippen LogP contribution >= 0.6 is 11.3 Å². The summed E-state index contributed by atoms with van der Waals surface area (Å²) in [5, 5.41) is 9.11. The minimum absolute atomic E-state index is 0.135. The first-order valence-electron chi connectivity index (χ1n) is 10.2. The van der Waals surface area contributed by atoms with Crippen molar-refractivity contribution in [3.63, 3.8) is 0 Å². The van der Waals surface area contributed by atoms with Gasteiger partial charge < -0.3 is 11.1 Å². The van der Waals surface area contributed by atoms with E-state index >= 15 is 0 Å². The Bertz CT molecular complexity index is 1460. The van der Waals surface area contributed by atoms with E-state index < -0.39 is 31.1 Å². The molecule has 0 unspecified atom stereocenters. The van der Waals surface area contributed by atoms with Crippen LogP contribution in [0.5, 0.6) is 0 Å². The van der Waals surface area contributed by atoms with E-state index in [0.717, 1.165) is 4.70 Å². The van der Waals surface area contributed by atoms with Crippen LogP contribution in [0.15, 0.2) is 40.1 Å². The first-order valence-corrected chi connectivity index (χ1v) is 14.1. The van der Waals surface area contributed by atoms with Crippen LogP contribution in [0.25, 0.3) is 21.3 Å². The quantitative estimate of drug-likeness (QED) is 0.214. The molecule has 0 radical (unpaired) electrons. The van der Waals surface area contributed by atoms with Crippen molar-refractivity contribution in [2.24, 2.45) is 5.14 Å². The lowest BCUT2D eigenvalue weighted by atomic mass is 9.97. The maximum Gasteiger partial charge on any atom is 0.244 e. The van der Waals surface area contributed by atoms with Gasteiger partial charge in [0.2, 0.25) is 20.0 Å². The van der Waals surface area contributed by atoms with Crippen LogP contribution in [-0.2, 0) is 20.0 Å². The third-order valence-electron chi connectivity index (χ3n) is 5.65. The van der Waals surface area contributed by atoms with Gasteiger partial charge in [0.05, 0.1) is 10.2 Å². The van der Waals surface area contributed by atoms with Crippen molar-refractivity contribution < 1.29 is 16.8 Å². The van der Waals surface area contributed by atoms with Gasteiger partial charge >= 0.3 is 0 Å². The second-order valence-electron chi connectivity index (χ2n) is 7.73. The molecule has 13 nitrogen and oxygen atoms in total. The summed E-state index contributed by atoms with van der Waals surface area (Å²) >= 11 is 1.29. The molecule has 9 N–H and O–H groups in total. The molecule has 0 saturated carbocycles. The van der Waals surface area contributed by atoms with E-state index in [1.165, 1.54) is 21.7 Å². The zero-order valence-electron chi connectivity index (χ0n) is 17.7. The van der Waals surface area contributed by atoms with Crippen LogP contribution in [0.1, 0.15) is 11.7 Å². The Morgan fingerprint density at radius 3 is 2.38 bits per heavy atom. The molecule has 0 aliphatic carbocycles. The molecule has 182 valence electrons. The van der Waals surface area contributed by atoms with Gasteiger partial charge in [-0.15, -0.1) is 0 Å². The van der Waals surface area contributed by atoms with Gasteiger partial charge in [-0.1, -0.05) is 29.5 Å². The van der Waals surface area contributed by atoms with Gasteiger partial charge in [-0.05, 0) is 17.7 Å². The monoisotopic (exact) mass is 525 g/mol. The summed E-state index contributed by atoms with van der Waals surface area (Å²) in [7, 11) is -8.66. The first kappa shape index (κ1) is 23.5. The fourth-order valence-corrected chi connectivity index (χ4v) is 8.04. The maximum atomic E-state index is 13.6. The number of piperazine rings is 1. The first-order chi connectivity index (χ1) is 16.2. The van der Waals surface area contributed by atoms with E-state index in [1.807, 2.05) is 6.07 Å². The van der Waals surface area contributed by atoms with E-state index in [9.17, 15) is 16.8 Å². The minimum Gasteiger partial charge on any atom is -0.375 e. The van der Waals surface area contributed by atoms with Crippen molar-refractivity contribution in [3.05, 3.63) is 35.9 Å². The predicted molar refractivity (Wildman–Crippen MR) is 128 cm³/mol. The number of sulfonamides is 2. The van der Waals surface area contributed by atoms with Gasteiger partial charge in [-0.2, -0.15) is 15.4 Å². The van der Waals surface area contributed by atoms with Gasteiger partial charge in [0, 0.05) is 37.3 Å². The van der Waals surface area contributed by atoms with E-state index in [-0.39, 0.29) is 23.5 Å². The van der Waals surface area contributed by atoms with Crippen LogP contribution in [0.4, 0.5) is 5.13 Å². The summed E-state index contributed by atoms with van der Waals surface area (Å²) in [6.07, 6.45) is -0.840. The van der Waals surface area contributed by atoms with Crippen molar-refractivity contribution in [3.8, 4) is 11.1 Å². The number of hydrogen-bond donors (Lipinski definition) is 7. The molecule has 16 heteroatoms. The lowest BCUT2D eigenvalue weighted by Crippen LogP contribution is -2.46. The highest BCUT2D eigenvalue weighted by molar-refractivity contribution is 7.92. The molecule has 0 amide bonds. The number of aromatic nitrogens is 1. The highest BCUT2D eigenvalue weighted by atomic mass is 32.2. The molecule has 0 atom stereocenters. The van der Waals surface area contributed by atoms with E-state index in [4.69, 9.17) is 10.9 Å². The Balaban J connectivity index is 1.82. The van der Waals surface area contributed by atoms with Crippen LogP contribution < -0.4 is 38.1 Å². The van der Waals surface area contributed by atoms with Gasteiger partial charge in [-0.25, -0.2) is 37.8 Å². The van der Waals surface area contributed by atoms with E-state index in [2.05, 4.69) is 32.2 Å². The molecule has 2 aliphatic rings. The van der Waals surface area contributed by atoms with Gasteiger partial charge in [0.15, 0.2) is 5.13 Å². The molecule has 0 spiro atoms. The molecule has 2 fully saturated rings. The summed E-state index contributed by atoms with van der Waals surface area (Å²) in [4.78, 5) is 3.54. The number of nitrogens with two attached hydrogens (primary N) is 2. The van der Waals surface area contributed by atoms with Crippen molar-refractivity contribution in [2.45, 2.75) is 16.0 Å². The molecule has 5 rings (SSSR count). The predicted octanol–water partition coefficient (Wildman–Crippen LogP) is -1.10. The van der Waals surface area contributed by atoms with Crippen molar-refractivity contribution in [1.29, 1.82) is 0 Å². The smallest absolute Gasteiger partial charge is 0.244 e. The number of benzene rings is 2. The van der Waals surface area contributed by atoms with E-state index in [1.54, 1.807) is 18.2 Å². The third kappa shape index (κ3) is 4.07. The normalized spacial score (nSPS) is 18.6. The third-order valence-corrected chi connectivity index (χ3v) is 9.58. The summed E-state index contributed by atoms with van der Waals surface area (Å²) in [6, 6.07) is 8.29. The number of anilines is 1. The summed E-state index contributed by atoms with van der Waals surface area (Å²) in [5.41, 5.74) is 18.6. The molecule has 3 aromatic rings. The number of fused-ring (bicyclic) bond motifs is 1. The number of primary sulfonamides is 1. The van der Waals surface area contributed by atoms with Gasteiger partial charge in [-0.3, -0.25) is 0 Å². The minimum atomic E-state index is -4.50. The lowest BCUT2D eigenvalue weighted by Gasteiger charge is -2.28. The number of nitrogen functional groups attached to an aromatic ring is 1. The number of thiazole rings is 1. The number of hydrogen-bond acceptors (Lipinski definition) is 12. The molecule has 2 aliphatic heterocycles. The zero-order chi connectivity index (χ0) is 24.1. The fraction of sp³-hybridized carbons (Fsp3) is 0.278. The Kier molecular flexibility index (Phi) is 6.05. The molecular weight excluding hydrogens is 502 g/mol. The molecule has 34 heavy (non-hydrogen) atoms. The average molecular weight is 526 g/mol. The molecule has 1 aromatic heterocycles. The molecule has 2 saturated heterocycles. The molecular formula is C18H23N9O4S3. The lowest BCUT2D eigenvalue weighted by molar-refractivity contribution is 0.359. The van der Waals surface area contributed by atoms with Crippen LogP contribution in [0, 0.1) is 0 Å². The van der Waals surface area contributed by atoms with Crippen LogP contribution in [0.2, 0.25) is 0 Å². The van der Waals surface area contributed by atoms with Crippen molar-refractivity contribution >= 4 is 46.7 Å². The maximum absolute atomic E-state index is 13.6. The number of para-hydroxylation sites is 1. The summed E-state index contributed by atoms with van der Waals surface area (Å²) < 4.78 is 55.1. The summed E-state index contributed by atoms with van der Waals surface area (Å²) in [5.74, 6) is 0. The SMILES string of the molecule is Nc1nc2c(-c3ccc(S(=O)(=O)N4CCNCC4)c(S(N)(=O)=O)c3C3NNNN3)cccc2s1. The molecule has 2 aromatic carbocycles. The van der Waals surface area contributed by atoms with E-state index in [0.29, 0.717) is 34.9 Å². The Morgan fingerprint density at radius 1 is 1.00 bits per heavy atom. The molecule has 0 bridgehead atoms. The van der Waals surface area contributed by atoms with Gasteiger partial charge in [0.1, 0.15) is 16.0 Å². The zero-order valence-corrected chi connectivity index (χ0v) is 20.1. The van der Waals surface area contributed by atoms with Gasteiger partial charge in [0.25, 0.3) is 0 Å². The topological polar surface area (TPSA) is 197 Å². The number of rotatable bonds is 5.